The van der Waals surface area contributed by atoms with Gasteiger partial charge in [0.2, 0.25) is 29.7 Å². The molecule has 0 saturated carbocycles. The van der Waals surface area contributed by atoms with Crippen LogP contribution in [0.5, 0.6) is 0 Å². The predicted molar refractivity (Wildman–Crippen MR) is 280 cm³/mol. The number of nitrogens with zero attached hydrogens (tertiary/aromatic N) is 7. The normalized spacial score (nSPS) is 12.6. The van der Waals surface area contributed by atoms with E-state index < -0.39 is 92.7 Å². The summed E-state index contributed by atoms with van der Waals surface area (Å²) >= 11 is 0. The largest absolute Gasteiger partial charge is 0.340 e. The van der Waals surface area contributed by atoms with Crippen molar-refractivity contribution in [2.24, 2.45) is 0 Å². The van der Waals surface area contributed by atoms with Crippen molar-refractivity contribution < 1.29 is 77.5 Å². The average molecular weight is 1190 g/mol. The van der Waals surface area contributed by atoms with Crippen molar-refractivity contribution in [2.75, 3.05) is 57.9 Å². The minimum Gasteiger partial charge on any atom is -0.340 e. The van der Waals surface area contributed by atoms with Crippen LogP contribution in [0.2, 0.25) is 0 Å². The van der Waals surface area contributed by atoms with Gasteiger partial charge in [0.25, 0.3) is 60.7 Å². The Labute approximate surface area is 442 Å². The summed E-state index contributed by atoms with van der Waals surface area (Å²) in [6.45, 7) is 3.03. The average Bonchev–Trinajstić information content (AvgIpc) is 3.31. The molecule has 0 saturated heterocycles. The van der Waals surface area contributed by atoms with Crippen LogP contribution in [0.3, 0.4) is 0 Å². The fourth-order valence-corrected chi connectivity index (χ4v) is 10.5. The molecule has 6 rings (SSSR count). The first kappa shape index (κ1) is 59.3. The van der Waals surface area contributed by atoms with Crippen molar-refractivity contribution in [3.05, 3.63) is 107 Å². The molecule has 0 aliphatic carbocycles. The van der Waals surface area contributed by atoms with Crippen LogP contribution in [-0.2, 0) is 77.1 Å². The summed E-state index contributed by atoms with van der Waals surface area (Å²) in [5.74, 6) is -3.64. The van der Waals surface area contributed by atoms with Gasteiger partial charge in [-0.25, -0.2) is 0 Å². The molecule has 0 spiro atoms. The Balaban J connectivity index is 1.36. The third-order valence-electron chi connectivity index (χ3n) is 10.5. The quantitative estimate of drug-likeness (QED) is 0.0220. The molecule has 35 heteroatoms. The highest BCUT2D eigenvalue weighted by atomic mass is 32.2. The van der Waals surface area contributed by atoms with Gasteiger partial charge >= 0.3 is 0 Å². The summed E-state index contributed by atoms with van der Waals surface area (Å²) in [5, 5.41) is 11.2. The number of benzene rings is 4. The van der Waals surface area contributed by atoms with E-state index >= 15 is 0 Å². The Morgan fingerprint density at radius 2 is 1.13 bits per heavy atom. The molecular weight excluding hydrogens is 1140 g/mol. The van der Waals surface area contributed by atoms with Crippen molar-refractivity contribution in [3.63, 3.8) is 0 Å². The number of nitrogens with one attached hydrogen (secondary N) is 4. The van der Waals surface area contributed by atoms with Crippen molar-refractivity contribution in [1.82, 2.24) is 29.9 Å². The molecule has 6 aromatic rings. The molecule has 0 radical (unpaired) electrons. The zero-order valence-corrected chi connectivity index (χ0v) is 45.1. The smallest absolute Gasteiger partial charge is 0.297 e. The molecular formula is C42H47N11O18S6. The van der Waals surface area contributed by atoms with E-state index in [1.165, 1.54) is 71.6 Å². The van der Waals surface area contributed by atoms with Gasteiger partial charge in [-0.05, 0) is 91.1 Å². The zero-order valence-electron chi connectivity index (χ0n) is 40.2. The zero-order chi connectivity index (χ0) is 56.7. The summed E-state index contributed by atoms with van der Waals surface area (Å²) < 4.78 is 199. The highest BCUT2D eigenvalue weighted by Crippen LogP contribution is 2.31. The molecule has 0 unspecified atom stereocenters. The van der Waals surface area contributed by atoms with Crippen molar-refractivity contribution in [2.45, 2.75) is 47.1 Å². The number of para-hydroxylation sites is 1. The van der Waals surface area contributed by atoms with Gasteiger partial charge in [-0.15, -0.1) is 0 Å². The summed E-state index contributed by atoms with van der Waals surface area (Å²) in [5.41, 5.74) is 0.611. The monoisotopic (exact) mass is 1190 g/mol. The first-order chi connectivity index (χ1) is 35.8. The molecule has 0 aliphatic rings. The van der Waals surface area contributed by atoms with Gasteiger partial charge in [0, 0.05) is 36.6 Å². The van der Waals surface area contributed by atoms with Gasteiger partial charge < -0.3 is 26.2 Å². The van der Waals surface area contributed by atoms with Gasteiger partial charge in [0.05, 0.1) is 29.2 Å². The van der Waals surface area contributed by atoms with E-state index in [1.807, 2.05) is 0 Å². The van der Waals surface area contributed by atoms with Crippen LogP contribution in [-0.4, -0.2) is 135 Å². The van der Waals surface area contributed by atoms with E-state index in [0.29, 0.717) is 5.56 Å². The van der Waals surface area contributed by atoms with Crippen molar-refractivity contribution >= 4 is 125 Å². The Hall–Kier alpha value is -6.90. The number of rotatable bonds is 25. The standard InChI is InChI=1S/C42H47N11O18S6/c1-4-53(19-21-73(57,58)59)42-51-39(50-41(52-42)46-34-24-32(75(63,64)65)18-11-26(34)2)44-31-17-15-28(36(23-31)77(69,70)71-3)13-12-27-14-16-30(22-29(27)25-74(60,61)62)43-38-47-37(10-7-20-72(54,55)56)48-40(49-38)45-33-8-5-6-9-35(33)76(66,67)68/h5-6,8-9,11-18,22-24H,4,7,10,19-21,25H2,1-3H3,(H,54,55,56)(H,57,58,59)(H,60,61,62)(H,63,64,65)(H,66,67,68)(H2,43,45,47,48,49)(H2,44,46,50,51,52)/b13-12+. The fraction of sp³-hybridized carbons (Fsp3) is 0.238. The lowest BCUT2D eigenvalue weighted by atomic mass is 10.1. The second-order valence-corrected chi connectivity index (χ2v) is 25.3. The maximum Gasteiger partial charge on any atom is 0.297 e. The van der Waals surface area contributed by atoms with E-state index in [0.717, 1.165) is 31.4 Å². The molecule has 0 bridgehead atoms. The van der Waals surface area contributed by atoms with Crippen LogP contribution in [0.1, 0.15) is 41.4 Å². The molecule has 2 heterocycles. The van der Waals surface area contributed by atoms with Gasteiger partial charge in [-0.3, -0.25) is 26.9 Å². The van der Waals surface area contributed by atoms with Crippen molar-refractivity contribution in [1.29, 1.82) is 0 Å². The number of anilines is 9. The second kappa shape index (κ2) is 23.8. The van der Waals surface area contributed by atoms with Crippen LogP contribution < -0.4 is 26.2 Å². The van der Waals surface area contributed by atoms with Crippen LogP contribution in [0.15, 0.2) is 93.5 Å². The molecule has 0 aliphatic heterocycles. The summed E-state index contributed by atoms with van der Waals surface area (Å²) in [7, 11) is -26.7. The van der Waals surface area contributed by atoms with Gasteiger partial charge in [0.1, 0.15) is 21.4 Å². The maximum atomic E-state index is 13.5. The van der Waals surface area contributed by atoms with Gasteiger partial charge in [0.15, 0.2) is 0 Å². The van der Waals surface area contributed by atoms with E-state index in [4.69, 9.17) is 4.18 Å². The lowest BCUT2D eigenvalue weighted by molar-refractivity contribution is 0.397. The Morgan fingerprint density at radius 1 is 0.571 bits per heavy atom. The lowest BCUT2D eigenvalue weighted by Crippen LogP contribution is -2.31. The Bertz CT molecular complexity index is 3950. The summed E-state index contributed by atoms with van der Waals surface area (Å²) in [6, 6.07) is 16.7. The van der Waals surface area contributed by atoms with E-state index in [9.17, 15) is 73.3 Å². The minimum atomic E-state index is -4.75. The van der Waals surface area contributed by atoms with E-state index in [2.05, 4.69) is 51.2 Å². The third kappa shape index (κ3) is 17.6. The van der Waals surface area contributed by atoms with Gasteiger partial charge in [-0.2, -0.15) is 80.4 Å². The van der Waals surface area contributed by atoms with Crippen LogP contribution in [0.4, 0.5) is 52.5 Å². The van der Waals surface area contributed by atoms with Gasteiger partial charge in [-0.1, -0.05) is 42.5 Å². The molecule has 0 amide bonds. The van der Waals surface area contributed by atoms with E-state index in [1.54, 1.807) is 13.8 Å². The number of aryl methyl sites for hydroxylation is 2. The minimum absolute atomic E-state index is 0.0185. The molecule has 0 atom stereocenters. The topological polar surface area (TPSA) is 444 Å². The molecule has 77 heavy (non-hydrogen) atoms. The summed E-state index contributed by atoms with van der Waals surface area (Å²) in [4.78, 5) is 25.6. The van der Waals surface area contributed by atoms with Crippen molar-refractivity contribution in [3.8, 4) is 0 Å². The number of aromatic nitrogens is 6. The molecule has 29 nitrogen and oxygen atoms in total. The number of hydrogen-bond acceptors (Lipinski definition) is 24. The SMILES string of the molecule is CCN(CCS(=O)(=O)O)c1nc(Nc2ccc(/C=C/c3ccc(Nc4nc(CCCS(=O)(=O)O)nc(Nc5ccccc5S(=O)(=O)O)n4)cc3CS(=O)(=O)O)c(S(=O)(=O)OC)c2)nc(Nc2cc(S(=O)(=O)O)ccc2C)n1. The predicted octanol–water partition coefficient (Wildman–Crippen LogP) is 4.26. The lowest BCUT2D eigenvalue weighted by Gasteiger charge is -2.21. The highest BCUT2D eigenvalue weighted by Gasteiger charge is 2.23. The first-order valence-corrected chi connectivity index (χ1v) is 31.0. The highest BCUT2D eigenvalue weighted by molar-refractivity contribution is 7.87. The molecule has 414 valence electrons. The van der Waals surface area contributed by atoms with Crippen LogP contribution in [0.25, 0.3) is 12.2 Å². The molecule has 4 aromatic carbocycles. The Morgan fingerprint density at radius 3 is 1.71 bits per heavy atom. The van der Waals surface area contributed by atoms with Crippen LogP contribution >= 0.6 is 0 Å². The third-order valence-corrected chi connectivity index (χ3v) is 15.8. The molecule has 0 fully saturated rings. The van der Waals surface area contributed by atoms with Crippen LogP contribution in [0, 0.1) is 6.92 Å². The molecule has 9 N–H and O–H groups in total. The Kier molecular flexibility index (Phi) is 18.3. The summed E-state index contributed by atoms with van der Waals surface area (Å²) in [6.07, 6.45) is 2.29. The first-order valence-electron chi connectivity index (χ1n) is 21.9. The maximum absolute atomic E-state index is 13.5. The van der Waals surface area contributed by atoms with E-state index in [-0.39, 0.29) is 101 Å². The molecule has 2 aromatic heterocycles. The second-order valence-electron chi connectivity index (χ2n) is 16.2. The fourth-order valence-electron chi connectivity index (χ4n) is 6.89. The number of hydrogen-bond donors (Lipinski definition) is 9.